The van der Waals surface area contributed by atoms with Gasteiger partial charge in [-0.05, 0) is 56.6 Å². The summed E-state index contributed by atoms with van der Waals surface area (Å²) in [5.74, 6) is 0.553. The molecule has 1 aliphatic carbocycles. The van der Waals surface area contributed by atoms with Gasteiger partial charge in [-0.25, -0.2) is 4.98 Å². The minimum Gasteiger partial charge on any atom is -0.476 e. The Bertz CT molecular complexity index is 1020. The predicted molar refractivity (Wildman–Crippen MR) is 124 cm³/mol. The number of carbonyl (C=O) groups excluding carboxylic acids is 1. The molecule has 4 rings (SSSR count). The van der Waals surface area contributed by atoms with Crippen LogP contribution in [0.1, 0.15) is 22.3 Å². The van der Waals surface area contributed by atoms with Crippen LogP contribution in [0.2, 0.25) is 0 Å². The zero-order chi connectivity index (χ0) is 21.8. The number of likely N-dealkylation sites (N-methyl/N-ethyl adjacent to an activating group) is 1. The van der Waals surface area contributed by atoms with Crippen LogP contribution in [0.15, 0.2) is 66.9 Å². The van der Waals surface area contributed by atoms with Gasteiger partial charge in [0.25, 0.3) is 0 Å². The van der Waals surface area contributed by atoms with Crippen LogP contribution in [-0.4, -0.2) is 43.0 Å². The lowest BCUT2D eigenvalue weighted by atomic mass is 9.76. The molecule has 1 amide bonds. The van der Waals surface area contributed by atoms with Gasteiger partial charge >= 0.3 is 0 Å². The average Bonchev–Trinajstić information content (AvgIpc) is 3.16. The SMILES string of the molecule is Cc1ccc(C2(C(=O)Nc3ccc(OCCN(C)C)nc3)Cc3ccccc3C2)cc1. The van der Waals surface area contributed by atoms with Gasteiger partial charge in [0.05, 0.1) is 17.3 Å². The van der Waals surface area contributed by atoms with Gasteiger partial charge in [0, 0.05) is 12.6 Å². The van der Waals surface area contributed by atoms with Gasteiger partial charge in [-0.1, -0.05) is 54.1 Å². The van der Waals surface area contributed by atoms with Crippen LogP contribution < -0.4 is 10.1 Å². The van der Waals surface area contributed by atoms with Crippen LogP contribution in [0.25, 0.3) is 0 Å². The summed E-state index contributed by atoms with van der Waals surface area (Å²) < 4.78 is 5.65. The van der Waals surface area contributed by atoms with Crippen LogP contribution >= 0.6 is 0 Å². The molecule has 0 atom stereocenters. The Morgan fingerprint density at radius 3 is 2.29 bits per heavy atom. The molecule has 0 aliphatic heterocycles. The molecule has 5 heteroatoms. The number of hydrogen-bond donors (Lipinski definition) is 1. The smallest absolute Gasteiger partial charge is 0.235 e. The van der Waals surface area contributed by atoms with Gasteiger partial charge < -0.3 is 15.0 Å². The van der Waals surface area contributed by atoms with E-state index < -0.39 is 5.41 Å². The first kappa shape index (κ1) is 21.1. The number of benzene rings is 2. The highest BCUT2D eigenvalue weighted by molar-refractivity contribution is 6.00. The number of rotatable bonds is 7. The second-order valence-electron chi connectivity index (χ2n) is 8.56. The topological polar surface area (TPSA) is 54.5 Å². The number of hydrogen-bond acceptors (Lipinski definition) is 4. The highest BCUT2D eigenvalue weighted by Gasteiger charge is 2.45. The van der Waals surface area contributed by atoms with Crippen molar-refractivity contribution >= 4 is 11.6 Å². The van der Waals surface area contributed by atoms with Crippen molar-refractivity contribution in [1.82, 2.24) is 9.88 Å². The zero-order valence-electron chi connectivity index (χ0n) is 18.4. The van der Waals surface area contributed by atoms with Gasteiger partial charge in [0.1, 0.15) is 6.61 Å². The first-order chi connectivity index (χ1) is 15.0. The molecule has 1 aromatic heterocycles. The van der Waals surface area contributed by atoms with Gasteiger partial charge in [0.2, 0.25) is 11.8 Å². The molecule has 3 aromatic rings. The number of ether oxygens (including phenoxy) is 1. The zero-order valence-corrected chi connectivity index (χ0v) is 18.4. The van der Waals surface area contributed by atoms with Crippen LogP contribution in [-0.2, 0) is 23.1 Å². The van der Waals surface area contributed by atoms with E-state index in [-0.39, 0.29) is 5.91 Å². The molecule has 0 spiro atoms. The summed E-state index contributed by atoms with van der Waals surface area (Å²) >= 11 is 0. The fraction of sp³-hybridized carbons (Fsp3) is 0.308. The molecule has 0 saturated heterocycles. The lowest BCUT2D eigenvalue weighted by molar-refractivity contribution is -0.121. The number of amides is 1. The summed E-state index contributed by atoms with van der Waals surface area (Å²) in [7, 11) is 4.00. The number of nitrogens with one attached hydrogen (secondary N) is 1. The summed E-state index contributed by atoms with van der Waals surface area (Å²) in [4.78, 5) is 20.0. The largest absolute Gasteiger partial charge is 0.476 e. The summed E-state index contributed by atoms with van der Waals surface area (Å²) in [6.07, 6.45) is 3.04. The molecule has 0 radical (unpaired) electrons. The number of nitrogens with zero attached hydrogens (tertiary/aromatic N) is 2. The van der Waals surface area contributed by atoms with Crippen LogP contribution in [0.3, 0.4) is 0 Å². The van der Waals surface area contributed by atoms with E-state index >= 15 is 0 Å². The van der Waals surface area contributed by atoms with E-state index in [2.05, 4.69) is 58.5 Å². The maximum Gasteiger partial charge on any atom is 0.235 e. The Morgan fingerprint density at radius 2 is 1.71 bits per heavy atom. The van der Waals surface area contributed by atoms with E-state index in [0.717, 1.165) is 12.1 Å². The van der Waals surface area contributed by atoms with E-state index in [1.54, 1.807) is 12.3 Å². The number of aryl methyl sites for hydroxylation is 1. The molecule has 2 aromatic carbocycles. The molecule has 0 saturated carbocycles. The highest BCUT2D eigenvalue weighted by atomic mass is 16.5. The molecule has 1 heterocycles. The third-order valence-corrected chi connectivity index (χ3v) is 5.92. The minimum absolute atomic E-state index is 0.00405. The normalized spacial score (nSPS) is 14.3. The minimum atomic E-state index is -0.627. The van der Waals surface area contributed by atoms with Gasteiger partial charge in [0.15, 0.2) is 0 Å². The lowest BCUT2D eigenvalue weighted by Gasteiger charge is -2.28. The quantitative estimate of drug-likeness (QED) is 0.634. The summed E-state index contributed by atoms with van der Waals surface area (Å²) in [5, 5.41) is 3.11. The van der Waals surface area contributed by atoms with E-state index in [9.17, 15) is 4.79 Å². The maximum absolute atomic E-state index is 13.6. The van der Waals surface area contributed by atoms with Crippen molar-refractivity contribution in [2.75, 3.05) is 32.6 Å². The molecule has 5 nitrogen and oxygen atoms in total. The molecule has 160 valence electrons. The Balaban J connectivity index is 1.54. The summed E-state index contributed by atoms with van der Waals surface area (Å²) in [6, 6.07) is 20.3. The first-order valence-electron chi connectivity index (χ1n) is 10.7. The lowest BCUT2D eigenvalue weighted by Crippen LogP contribution is -2.41. The van der Waals surface area contributed by atoms with Crippen molar-refractivity contribution in [2.45, 2.75) is 25.2 Å². The number of fused-ring (bicyclic) bond motifs is 1. The first-order valence-corrected chi connectivity index (χ1v) is 10.7. The van der Waals surface area contributed by atoms with Crippen LogP contribution in [0, 0.1) is 6.92 Å². The van der Waals surface area contributed by atoms with E-state index in [1.807, 2.05) is 32.3 Å². The monoisotopic (exact) mass is 415 g/mol. The van der Waals surface area contributed by atoms with E-state index in [1.165, 1.54) is 16.7 Å². The Hall–Kier alpha value is -3.18. The molecular formula is C26H29N3O2. The Labute approximate surface area is 184 Å². The molecule has 1 aliphatic rings. The Kier molecular flexibility index (Phi) is 6.05. The second-order valence-corrected chi connectivity index (χ2v) is 8.56. The van der Waals surface area contributed by atoms with Crippen molar-refractivity contribution < 1.29 is 9.53 Å². The number of carbonyl (C=O) groups is 1. The highest BCUT2D eigenvalue weighted by Crippen LogP contribution is 2.41. The van der Waals surface area contributed by atoms with Crippen molar-refractivity contribution in [3.8, 4) is 5.88 Å². The number of aromatic nitrogens is 1. The fourth-order valence-electron chi connectivity index (χ4n) is 4.11. The second kappa shape index (κ2) is 8.90. The molecule has 0 fully saturated rings. The van der Waals surface area contributed by atoms with Gasteiger partial charge in [-0.15, -0.1) is 0 Å². The third kappa shape index (κ3) is 4.62. The van der Waals surface area contributed by atoms with Crippen molar-refractivity contribution in [2.24, 2.45) is 0 Å². The van der Waals surface area contributed by atoms with Crippen molar-refractivity contribution in [1.29, 1.82) is 0 Å². The molecule has 31 heavy (non-hydrogen) atoms. The average molecular weight is 416 g/mol. The fourth-order valence-corrected chi connectivity index (χ4v) is 4.11. The molecule has 0 bridgehead atoms. The van der Waals surface area contributed by atoms with Crippen molar-refractivity contribution in [3.05, 3.63) is 89.1 Å². The summed E-state index contributed by atoms with van der Waals surface area (Å²) in [5.41, 5.74) is 4.75. The Morgan fingerprint density at radius 1 is 1.03 bits per heavy atom. The van der Waals surface area contributed by atoms with E-state index in [0.29, 0.717) is 31.0 Å². The number of anilines is 1. The van der Waals surface area contributed by atoms with Crippen LogP contribution in [0.5, 0.6) is 5.88 Å². The van der Waals surface area contributed by atoms with Crippen molar-refractivity contribution in [3.63, 3.8) is 0 Å². The maximum atomic E-state index is 13.6. The molecule has 1 N–H and O–H groups in total. The van der Waals surface area contributed by atoms with E-state index in [4.69, 9.17) is 4.74 Å². The van der Waals surface area contributed by atoms with Gasteiger partial charge in [-0.2, -0.15) is 0 Å². The van der Waals surface area contributed by atoms with Gasteiger partial charge in [-0.3, -0.25) is 4.79 Å². The molecule has 0 unspecified atom stereocenters. The summed E-state index contributed by atoms with van der Waals surface area (Å²) in [6.45, 7) is 3.45. The number of pyridine rings is 1. The predicted octanol–water partition coefficient (Wildman–Crippen LogP) is 4.01. The standard InChI is InChI=1S/C26H29N3O2/c1-19-8-10-22(11-9-19)26(16-20-6-4-5-7-21(20)17-26)25(30)28-23-12-13-24(27-18-23)31-15-14-29(2)3/h4-13,18H,14-17H2,1-3H3,(H,28,30). The molecular weight excluding hydrogens is 386 g/mol. The third-order valence-electron chi connectivity index (χ3n) is 5.92. The van der Waals surface area contributed by atoms with Crippen LogP contribution in [0.4, 0.5) is 5.69 Å².